The Labute approximate surface area is 254 Å². The topological polar surface area (TPSA) is 108 Å². The van der Waals surface area contributed by atoms with Crippen molar-refractivity contribution in [2.24, 2.45) is 0 Å². The van der Waals surface area contributed by atoms with Crippen molar-refractivity contribution in [3.63, 3.8) is 0 Å². The number of hydrogen-bond donors (Lipinski definition) is 2. The van der Waals surface area contributed by atoms with Gasteiger partial charge in [0.1, 0.15) is 23.7 Å². The summed E-state index contributed by atoms with van der Waals surface area (Å²) < 4.78 is 66.8. The van der Waals surface area contributed by atoms with Crippen LogP contribution in [0.4, 0.5) is 29.1 Å². The predicted molar refractivity (Wildman–Crippen MR) is 163 cm³/mol. The van der Waals surface area contributed by atoms with Crippen molar-refractivity contribution < 1.29 is 31.8 Å². The van der Waals surface area contributed by atoms with Crippen LogP contribution in [0, 0.1) is 5.82 Å². The second-order valence-corrected chi connectivity index (χ2v) is 9.89. The molecule has 8 nitrogen and oxygen atoms in total. The molecule has 0 radical (unpaired) electrons. The van der Waals surface area contributed by atoms with Crippen molar-refractivity contribution in [1.29, 1.82) is 0 Å². The number of amides is 1. The van der Waals surface area contributed by atoms with E-state index in [0.717, 1.165) is 22.9 Å². The molecule has 0 bridgehead atoms. The smallest absolute Gasteiger partial charge is 0.406 e. The molecule has 230 valence electrons. The number of aromatic nitrogens is 2. The van der Waals surface area contributed by atoms with Gasteiger partial charge in [-0.25, -0.2) is 9.37 Å². The van der Waals surface area contributed by atoms with Gasteiger partial charge in [-0.3, -0.25) is 9.59 Å². The summed E-state index contributed by atoms with van der Waals surface area (Å²) in [6.07, 6.45) is -2.22. The van der Waals surface area contributed by atoms with Gasteiger partial charge in [0.15, 0.2) is 11.5 Å². The van der Waals surface area contributed by atoms with E-state index in [0.29, 0.717) is 22.6 Å². The molecule has 1 amide bonds. The first-order valence-corrected chi connectivity index (χ1v) is 13.4. The Kier molecular flexibility index (Phi) is 8.57. The molecule has 12 heteroatoms. The van der Waals surface area contributed by atoms with Crippen molar-refractivity contribution in [3.05, 3.63) is 113 Å². The van der Waals surface area contributed by atoms with Crippen LogP contribution in [0.5, 0.6) is 11.5 Å². The van der Waals surface area contributed by atoms with Gasteiger partial charge in [-0.15, -0.1) is 0 Å². The number of nitrogens with zero attached hydrogens (tertiary/aromatic N) is 2. The first kappa shape index (κ1) is 30.8. The zero-order valence-electron chi connectivity index (χ0n) is 24.0. The van der Waals surface area contributed by atoms with E-state index in [4.69, 9.17) is 15.2 Å². The third-order valence-corrected chi connectivity index (χ3v) is 6.94. The highest BCUT2D eigenvalue weighted by Gasteiger charge is 2.32. The summed E-state index contributed by atoms with van der Waals surface area (Å²) in [7, 11) is 2.97. The summed E-state index contributed by atoms with van der Waals surface area (Å²) in [5, 5.41) is 2.58. The van der Waals surface area contributed by atoms with Gasteiger partial charge in [-0.2, -0.15) is 13.2 Å². The molecule has 0 unspecified atom stereocenters. The summed E-state index contributed by atoms with van der Waals surface area (Å²) in [4.78, 5) is 32.1. The summed E-state index contributed by atoms with van der Waals surface area (Å²) in [5.74, 6) is -0.794. The summed E-state index contributed by atoms with van der Waals surface area (Å²) in [6.45, 7) is -1.51. The first-order valence-electron chi connectivity index (χ1n) is 13.4. The van der Waals surface area contributed by atoms with Crippen LogP contribution in [0.3, 0.4) is 0 Å². The number of pyridine rings is 2. The number of nitrogen functional groups attached to an aromatic ring is 1. The number of nitrogens with one attached hydrogen (secondary N) is 1. The van der Waals surface area contributed by atoms with E-state index in [2.05, 4.69) is 10.3 Å². The van der Waals surface area contributed by atoms with Gasteiger partial charge < -0.3 is 25.1 Å². The zero-order chi connectivity index (χ0) is 32.3. The van der Waals surface area contributed by atoms with Gasteiger partial charge in [0.05, 0.1) is 25.6 Å². The number of carbonyl (C=O) groups excluding carboxylic acids is 1. The maximum Gasteiger partial charge on any atom is 0.406 e. The van der Waals surface area contributed by atoms with Gasteiger partial charge in [0, 0.05) is 23.5 Å². The van der Waals surface area contributed by atoms with Crippen LogP contribution in [-0.2, 0) is 6.54 Å². The van der Waals surface area contributed by atoms with Crippen LogP contribution in [0.2, 0.25) is 0 Å². The Morgan fingerprint density at radius 2 is 1.56 bits per heavy atom. The lowest BCUT2D eigenvalue weighted by molar-refractivity contribution is -0.140. The number of ether oxygens (including phenoxy) is 2. The normalized spacial score (nSPS) is 11.2. The number of benzene rings is 3. The van der Waals surface area contributed by atoms with Gasteiger partial charge >= 0.3 is 6.18 Å². The average molecular weight is 619 g/mol. The minimum Gasteiger partial charge on any atom is -0.493 e. The second kappa shape index (κ2) is 12.5. The fourth-order valence-corrected chi connectivity index (χ4v) is 4.87. The number of anilines is 2. The Morgan fingerprint density at radius 3 is 2.20 bits per heavy atom. The summed E-state index contributed by atoms with van der Waals surface area (Å²) in [6, 6.07) is 19.0. The van der Waals surface area contributed by atoms with E-state index in [1.807, 2.05) is 0 Å². The van der Waals surface area contributed by atoms with Crippen molar-refractivity contribution in [2.75, 3.05) is 25.3 Å². The molecule has 0 aliphatic rings. The Hall–Kier alpha value is -5.65. The number of rotatable bonds is 8. The number of halogens is 4. The molecule has 2 heterocycles. The minimum absolute atomic E-state index is 0.0141. The summed E-state index contributed by atoms with van der Waals surface area (Å²) >= 11 is 0. The van der Waals surface area contributed by atoms with Crippen molar-refractivity contribution in [1.82, 2.24) is 9.55 Å². The van der Waals surface area contributed by atoms with Crippen LogP contribution >= 0.6 is 0 Å². The lowest BCUT2D eigenvalue weighted by Gasteiger charge is -2.21. The standard InChI is InChI=1S/C33H26F4N4O4/c1-44-26-13-10-21(15-27(26)45-2)22-14-25(31(38)39-16-22)40-32(43)28-29(20-6-4-3-5-7-20)41(18-33(35,36)37)17-24(30(28)42)19-8-11-23(34)12-9-19/h3-17H,18H2,1-2H3,(H2,38,39)(H,40,43). The zero-order valence-corrected chi connectivity index (χ0v) is 24.0. The van der Waals surface area contributed by atoms with Crippen molar-refractivity contribution >= 4 is 17.4 Å². The summed E-state index contributed by atoms with van der Waals surface area (Å²) in [5.41, 5.74) is 5.66. The largest absolute Gasteiger partial charge is 0.493 e. The monoisotopic (exact) mass is 618 g/mol. The highest BCUT2D eigenvalue weighted by Crippen LogP contribution is 2.34. The number of nitrogens with two attached hydrogens (primary N) is 1. The van der Waals surface area contributed by atoms with Crippen LogP contribution in [0.15, 0.2) is 96.1 Å². The van der Waals surface area contributed by atoms with E-state index in [1.165, 1.54) is 50.7 Å². The lowest BCUT2D eigenvalue weighted by atomic mass is 9.98. The molecule has 2 aromatic heterocycles. The SMILES string of the molecule is COc1ccc(-c2cnc(N)c(NC(=O)c3c(-c4ccccc4)n(CC(F)(F)F)cc(-c4ccc(F)cc4)c3=O)c2)cc1OC. The van der Waals surface area contributed by atoms with Gasteiger partial charge in [-0.1, -0.05) is 48.5 Å². The lowest BCUT2D eigenvalue weighted by Crippen LogP contribution is -2.29. The third kappa shape index (κ3) is 6.64. The molecule has 3 aromatic carbocycles. The van der Waals surface area contributed by atoms with Gasteiger partial charge in [-0.05, 0) is 47.0 Å². The minimum atomic E-state index is -4.71. The predicted octanol–water partition coefficient (Wildman–Crippen LogP) is 6.80. The molecule has 0 atom stereocenters. The molecule has 3 N–H and O–H groups in total. The fraction of sp³-hybridized carbons (Fsp3) is 0.121. The van der Waals surface area contributed by atoms with E-state index < -0.39 is 35.4 Å². The Bertz CT molecular complexity index is 1930. The number of alkyl halides is 3. The first-order chi connectivity index (χ1) is 21.5. The average Bonchev–Trinajstić information content (AvgIpc) is 3.02. The molecule has 0 aliphatic heterocycles. The molecule has 0 saturated heterocycles. The van der Waals surface area contributed by atoms with Crippen LogP contribution < -0.4 is 26.0 Å². The van der Waals surface area contributed by atoms with Crippen LogP contribution in [-0.4, -0.2) is 35.9 Å². The molecule has 45 heavy (non-hydrogen) atoms. The van der Waals surface area contributed by atoms with E-state index >= 15 is 0 Å². The third-order valence-electron chi connectivity index (χ3n) is 6.94. The number of methoxy groups -OCH3 is 2. The van der Waals surface area contributed by atoms with E-state index in [-0.39, 0.29) is 33.9 Å². The van der Waals surface area contributed by atoms with Crippen LogP contribution in [0.1, 0.15) is 10.4 Å². The van der Waals surface area contributed by atoms with Crippen molar-refractivity contribution in [3.8, 4) is 45.0 Å². The Balaban J connectivity index is 1.68. The maximum absolute atomic E-state index is 14.0. The van der Waals surface area contributed by atoms with Gasteiger partial charge in [0.2, 0.25) is 5.43 Å². The maximum atomic E-state index is 14.0. The van der Waals surface area contributed by atoms with Crippen LogP contribution in [0.25, 0.3) is 33.5 Å². The molecular formula is C33H26F4N4O4. The quantitative estimate of drug-likeness (QED) is 0.185. The molecular weight excluding hydrogens is 592 g/mol. The van der Waals surface area contributed by atoms with E-state index in [1.54, 1.807) is 36.4 Å². The van der Waals surface area contributed by atoms with Crippen molar-refractivity contribution in [2.45, 2.75) is 12.7 Å². The highest BCUT2D eigenvalue weighted by atomic mass is 19.4. The molecule has 5 aromatic rings. The molecule has 0 spiro atoms. The van der Waals surface area contributed by atoms with Gasteiger partial charge in [0.25, 0.3) is 5.91 Å². The molecule has 0 saturated carbocycles. The fourth-order valence-electron chi connectivity index (χ4n) is 4.87. The van der Waals surface area contributed by atoms with E-state index in [9.17, 15) is 27.2 Å². The molecule has 0 fully saturated rings. The second-order valence-electron chi connectivity index (χ2n) is 9.89. The number of hydrogen-bond acceptors (Lipinski definition) is 6. The molecule has 5 rings (SSSR count). The molecule has 0 aliphatic carbocycles. The number of carbonyl (C=O) groups is 1. The highest BCUT2D eigenvalue weighted by molar-refractivity contribution is 6.10. The Morgan fingerprint density at radius 1 is 0.889 bits per heavy atom.